The monoisotopic (exact) mass is 320 g/mol. The molecule has 1 aromatic heterocycles. The number of hydrogen-bond acceptors (Lipinski definition) is 4. The quantitative estimate of drug-likeness (QED) is 0.851. The number of carbonyl (C=O) groups excluding carboxylic acids is 1. The Morgan fingerprint density at radius 3 is 2.30 bits per heavy atom. The fourth-order valence-corrected chi connectivity index (χ4v) is 2.70. The first-order valence-corrected chi connectivity index (χ1v) is 8.29. The van der Waals surface area contributed by atoms with Gasteiger partial charge < -0.3 is 14.4 Å². The van der Waals surface area contributed by atoms with Crippen molar-refractivity contribution in [1.29, 1.82) is 0 Å². The van der Waals surface area contributed by atoms with E-state index in [0.717, 1.165) is 43.1 Å². The standard InChI is InChI=1S/C18H28N2O3/c1-13-10-16(11-14(2)19-13)22-12-15-6-8-20(9-7-15)17(21)23-18(3,4)5/h10-11,15H,6-9,12H2,1-5H3. The number of rotatable bonds is 3. The molecule has 1 aromatic rings. The van der Waals surface area contributed by atoms with Crippen LogP contribution in [0.4, 0.5) is 4.79 Å². The van der Waals surface area contributed by atoms with Crippen molar-refractivity contribution in [2.45, 2.75) is 53.1 Å². The predicted octanol–water partition coefficient (Wildman–Crippen LogP) is 3.72. The molecule has 1 amide bonds. The Morgan fingerprint density at radius 1 is 1.22 bits per heavy atom. The summed E-state index contributed by atoms with van der Waals surface area (Å²) in [6.45, 7) is 11.8. The summed E-state index contributed by atoms with van der Waals surface area (Å²) in [5.74, 6) is 1.35. The molecule has 1 fully saturated rings. The summed E-state index contributed by atoms with van der Waals surface area (Å²) in [6, 6.07) is 3.92. The van der Waals surface area contributed by atoms with E-state index in [1.165, 1.54) is 0 Å². The molecule has 1 aliphatic rings. The number of carbonyl (C=O) groups is 1. The van der Waals surface area contributed by atoms with Gasteiger partial charge in [0.15, 0.2) is 0 Å². The highest BCUT2D eigenvalue weighted by Gasteiger charge is 2.27. The summed E-state index contributed by atoms with van der Waals surface area (Å²) >= 11 is 0. The molecule has 128 valence electrons. The van der Waals surface area contributed by atoms with E-state index in [-0.39, 0.29) is 6.09 Å². The van der Waals surface area contributed by atoms with Crippen LogP contribution in [0.5, 0.6) is 5.75 Å². The average Bonchev–Trinajstić information content (AvgIpc) is 2.43. The second-order valence-corrected chi connectivity index (χ2v) is 7.31. The van der Waals surface area contributed by atoms with E-state index < -0.39 is 5.60 Å². The molecular formula is C18H28N2O3. The van der Waals surface area contributed by atoms with Gasteiger partial charge in [-0.1, -0.05) is 0 Å². The second kappa shape index (κ2) is 7.20. The van der Waals surface area contributed by atoms with Crippen molar-refractivity contribution in [1.82, 2.24) is 9.88 Å². The summed E-state index contributed by atoms with van der Waals surface area (Å²) in [5, 5.41) is 0. The lowest BCUT2D eigenvalue weighted by Crippen LogP contribution is -2.42. The molecule has 0 aromatic carbocycles. The van der Waals surface area contributed by atoms with Crippen LogP contribution in [-0.4, -0.2) is 41.3 Å². The molecule has 0 saturated carbocycles. The Morgan fingerprint density at radius 2 is 1.78 bits per heavy atom. The van der Waals surface area contributed by atoms with E-state index in [4.69, 9.17) is 9.47 Å². The Balaban J connectivity index is 1.77. The summed E-state index contributed by atoms with van der Waals surface area (Å²) in [5.41, 5.74) is 1.51. The maximum absolute atomic E-state index is 12.0. The summed E-state index contributed by atoms with van der Waals surface area (Å²) in [7, 11) is 0. The first-order valence-electron chi connectivity index (χ1n) is 8.29. The third kappa shape index (κ3) is 5.73. The molecule has 0 bridgehead atoms. The first-order chi connectivity index (χ1) is 10.7. The van der Waals surface area contributed by atoms with Gasteiger partial charge in [-0.25, -0.2) is 4.79 Å². The number of hydrogen-bond donors (Lipinski definition) is 0. The number of aryl methyl sites for hydroxylation is 2. The molecule has 0 aliphatic carbocycles. The van der Waals surface area contributed by atoms with Gasteiger partial charge in [-0.3, -0.25) is 4.98 Å². The number of piperidine rings is 1. The van der Waals surface area contributed by atoms with Crippen molar-refractivity contribution in [2.75, 3.05) is 19.7 Å². The lowest BCUT2D eigenvalue weighted by Gasteiger charge is -2.33. The highest BCUT2D eigenvalue weighted by molar-refractivity contribution is 5.68. The zero-order valence-corrected chi connectivity index (χ0v) is 14.9. The zero-order valence-electron chi connectivity index (χ0n) is 14.9. The number of ether oxygens (including phenoxy) is 2. The minimum Gasteiger partial charge on any atom is -0.493 e. The van der Waals surface area contributed by atoms with E-state index in [1.54, 1.807) is 4.90 Å². The van der Waals surface area contributed by atoms with E-state index in [0.29, 0.717) is 12.5 Å². The van der Waals surface area contributed by atoms with E-state index in [2.05, 4.69) is 4.98 Å². The SMILES string of the molecule is Cc1cc(OCC2CCN(C(=O)OC(C)(C)C)CC2)cc(C)n1. The lowest BCUT2D eigenvalue weighted by atomic mass is 9.98. The fraction of sp³-hybridized carbons (Fsp3) is 0.667. The number of pyridine rings is 1. The van der Waals surface area contributed by atoms with Crippen LogP contribution in [0.3, 0.4) is 0 Å². The maximum atomic E-state index is 12.0. The Hall–Kier alpha value is -1.78. The molecule has 0 atom stereocenters. The van der Waals surface area contributed by atoms with Crippen molar-refractivity contribution in [3.05, 3.63) is 23.5 Å². The molecule has 5 heteroatoms. The molecule has 0 N–H and O–H groups in total. The molecule has 0 spiro atoms. The van der Waals surface area contributed by atoms with E-state index in [9.17, 15) is 4.79 Å². The lowest BCUT2D eigenvalue weighted by molar-refractivity contribution is 0.0165. The minimum absolute atomic E-state index is 0.211. The maximum Gasteiger partial charge on any atom is 0.410 e. The number of aromatic nitrogens is 1. The number of nitrogens with zero attached hydrogens (tertiary/aromatic N) is 2. The van der Waals surface area contributed by atoms with Crippen molar-refractivity contribution < 1.29 is 14.3 Å². The van der Waals surface area contributed by atoms with Crippen LogP contribution in [-0.2, 0) is 4.74 Å². The van der Waals surface area contributed by atoms with E-state index >= 15 is 0 Å². The van der Waals surface area contributed by atoms with Crippen molar-refractivity contribution in [3.8, 4) is 5.75 Å². The normalized spacial score (nSPS) is 16.3. The topological polar surface area (TPSA) is 51.7 Å². The predicted molar refractivity (Wildman–Crippen MR) is 89.7 cm³/mol. The van der Waals surface area contributed by atoms with Gasteiger partial charge >= 0.3 is 6.09 Å². The Bertz CT molecular complexity index is 523. The van der Waals surface area contributed by atoms with Crippen LogP contribution in [0.25, 0.3) is 0 Å². The van der Waals surface area contributed by atoms with E-state index in [1.807, 2.05) is 46.8 Å². The van der Waals surface area contributed by atoms with Gasteiger partial charge in [-0.15, -0.1) is 0 Å². The van der Waals surface area contributed by atoms with Crippen LogP contribution >= 0.6 is 0 Å². The van der Waals surface area contributed by atoms with Gasteiger partial charge in [0.1, 0.15) is 11.4 Å². The van der Waals surface area contributed by atoms with Gasteiger partial charge in [-0.2, -0.15) is 0 Å². The summed E-state index contributed by atoms with van der Waals surface area (Å²) < 4.78 is 11.3. The van der Waals surface area contributed by atoms with Crippen LogP contribution in [0.2, 0.25) is 0 Å². The molecule has 1 aliphatic heterocycles. The van der Waals surface area contributed by atoms with Gasteiger partial charge in [0, 0.05) is 36.6 Å². The van der Waals surface area contributed by atoms with Crippen LogP contribution in [0.1, 0.15) is 45.0 Å². The fourth-order valence-electron chi connectivity index (χ4n) is 2.70. The largest absolute Gasteiger partial charge is 0.493 e. The minimum atomic E-state index is -0.436. The van der Waals surface area contributed by atoms with Gasteiger partial charge in [0.25, 0.3) is 0 Å². The molecule has 0 radical (unpaired) electrons. The van der Waals surface area contributed by atoms with Crippen LogP contribution in [0, 0.1) is 19.8 Å². The molecule has 2 heterocycles. The van der Waals surface area contributed by atoms with Crippen molar-refractivity contribution >= 4 is 6.09 Å². The summed E-state index contributed by atoms with van der Waals surface area (Å²) in [6.07, 6.45) is 1.68. The molecule has 23 heavy (non-hydrogen) atoms. The summed E-state index contributed by atoms with van der Waals surface area (Å²) in [4.78, 5) is 18.2. The Labute approximate surface area is 139 Å². The van der Waals surface area contributed by atoms with Crippen molar-refractivity contribution in [2.24, 2.45) is 5.92 Å². The third-order valence-corrected chi connectivity index (χ3v) is 3.81. The highest BCUT2D eigenvalue weighted by Crippen LogP contribution is 2.22. The van der Waals surface area contributed by atoms with Gasteiger partial charge in [-0.05, 0) is 53.4 Å². The molecule has 1 saturated heterocycles. The molecular weight excluding hydrogens is 292 g/mol. The van der Waals surface area contributed by atoms with Crippen LogP contribution in [0.15, 0.2) is 12.1 Å². The second-order valence-electron chi connectivity index (χ2n) is 7.31. The molecule has 2 rings (SSSR count). The highest BCUT2D eigenvalue weighted by atomic mass is 16.6. The molecule has 5 nitrogen and oxygen atoms in total. The van der Waals surface area contributed by atoms with Crippen molar-refractivity contribution in [3.63, 3.8) is 0 Å². The van der Waals surface area contributed by atoms with Gasteiger partial charge in [0.05, 0.1) is 6.61 Å². The number of likely N-dealkylation sites (tertiary alicyclic amines) is 1. The first kappa shape index (κ1) is 17.6. The molecule has 0 unspecified atom stereocenters. The van der Waals surface area contributed by atoms with Gasteiger partial charge in [0.2, 0.25) is 0 Å². The smallest absolute Gasteiger partial charge is 0.410 e. The number of amides is 1. The van der Waals surface area contributed by atoms with Crippen LogP contribution < -0.4 is 4.74 Å². The zero-order chi connectivity index (χ0) is 17.0. The third-order valence-electron chi connectivity index (χ3n) is 3.81. The Kier molecular flexibility index (Phi) is 5.50. The average molecular weight is 320 g/mol.